The fourth-order valence-corrected chi connectivity index (χ4v) is 7.73. The topological polar surface area (TPSA) is 120 Å². The van der Waals surface area contributed by atoms with Crippen molar-refractivity contribution in [2.24, 2.45) is 5.41 Å². The summed E-state index contributed by atoms with van der Waals surface area (Å²) in [5, 5.41) is 2.88. The van der Waals surface area contributed by atoms with Gasteiger partial charge in [-0.15, -0.1) is 0 Å². The molecule has 1 aliphatic rings. The minimum atomic E-state index is -4.41. The van der Waals surface area contributed by atoms with Gasteiger partial charge in [0.05, 0.1) is 19.8 Å². The third-order valence-electron chi connectivity index (χ3n) is 8.89. The molecule has 2 amide bonds. The molecule has 0 heterocycles. The molecule has 50 heavy (non-hydrogen) atoms. The van der Waals surface area contributed by atoms with E-state index in [0.29, 0.717) is 31.8 Å². The van der Waals surface area contributed by atoms with E-state index in [-0.39, 0.29) is 31.6 Å². The average Bonchev–Trinajstić information content (AvgIpc) is 3.12. The van der Waals surface area contributed by atoms with Crippen molar-refractivity contribution in [3.8, 4) is 5.75 Å². The van der Waals surface area contributed by atoms with Crippen LogP contribution in [0.15, 0.2) is 115 Å². The Hall–Kier alpha value is -4.51. The molecule has 1 fully saturated rings. The summed E-state index contributed by atoms with van der Waals surface area (Å²) in [7, 11) is -4.41. The van der Waals surface area contributed by atoms with Crippen LogP contribution < -0.4 is 14.8 Å². The van der Waals surface area contributed by atoms with Gasteiger partial charge >= 0.3 is 0 Å². The molecule has 1 unspecified atom stereocenters. The van der Waals surface area contributed by atoms with E-state index in [9.17, 15) is 18.0 Å². The Morgan fingerprint density at radius 1 is 0.740 bits per heavy atom. The van der Waals surface area contributed by atoms with Gasteiger partial charge in [0.1, 0.15) is 18.5 Å². The van der Waals surface area contributed by atoms with Crippen LogP contribution in [0.25, 0.3) is 0 Å². The number of hydrogen-bond donors (Lipinski definition) is 2. The maximum atomic E-state index is 14.3. The van der Waals surface area contributed by atoms with E-state index in [0.717, 1.165) is 23.1 Å². The third kappa shape index (κ3) is 9.80. The fourth-order valence-electron chi connectivity index (χ4n) is 6.11. The summed E-state index contributed by atoms with van der Waals surface area (Å²) in [6.45, 7) is 4.68. The average molecular weight is 699 g/mol. The van der Waals surface area contributed by atoms with Crippen molar-refractivity contribution >= 4 is 21.8 Å². The molecule has 264 valence electrons. The van der Waals surface area contributed by atoms with Crippen LogP contribution in [-0.2, 0) is 44.1 Å². The molecule has 9 nitrogen and oxygen atoms in total. The second-order valence-electron chi connectivity index (χ2n) is 13.4. The van der Waals surface area contributed by atoms with Crippen molar-refractivity contribution < 1.29 is 32.2 Å². The van der Waals surface area contributed by atoms with E-state index < -0.39 is 38.2 Å². The zero-order valence-electron chi connectivity index (χ0n) is 28.7. The lowest BCUT2D eigenvalue weighted by atomic mass is 9.85. The highest BCUT2D eigenvalue weighted by Gasteiger charge is 2.49. The van der Waals surface area contributed by atoms with E-state index in [2.05, 4.69) is 10.0 Å². The van der Waals surface area contributed by atoms with E-state index in [4.69, 9.17) is 14.2 Å². The van der Waals surface area contributed by atoms with E-state index in [1.54, 1.807) is 12.1 Å². The summed E-state index contributed by atoms with van der Waals surface area (Å²) in [4.78, 5) is 26.0. The van der Waals surface area contributed by atoms with Gasteiger partial charge in [-0.2, -0.15) is 0 Å². The predicted octanol–water partition coefficient (Wildman–Crippen LogP) is 6.93. The molecular formula is C40H46N2O7S. The van der Waals surface area contributed by atoms with Crippen molar-refractivity contribution in [2.45, 2.75) is 76.7 Å². The van der Waals surface area contributed by atoms with Crippen LogP contribution in [0.1, 0.15) is 73.0 Å². The van der Waals surface area contributed by atoms with Crippen molar-refractivity contribution in [3.05, 3.63) is 138 Å². The molecule has 0 radical (unpaired) electrons. The van der Waals surface area contributed by atoms with Gasteiger partial charge in [-0.05, 0) is 60.6 Å². The Labute approximate surface area is 295 Å². The first-order chi connectivity index (χ1) is 24.1. The molecule has 0 saturated heterocycles. The second kappa shape index (κ2) is 16.9. The minimum Gasteiger partial charge on any atom is -0.489 e. The van der Waals surface area contributed by atoms with Gasteiger partial charge < -0.3 is 19.5 Å². The molecule has 0 spiro atoms. The fraction of sp³-hybridized carbons (Fsp3) is 0.350. The summed E-state index contributed by atoms with van der Waals surface area (Å²) in [5.74, 6) is -0.958. The molecule has 5 rings (SSSR count). The molecule has 10 heteroatoms. The first-order valence-electron chi connectivity index (χ1n) is 17.0. The second-order valence-corrected chi connectivity index (χ2v) is 15.4. The van der Waals surface area contributed by atoms with Crippen LogP contribution in [-0.4, -0.2) is 37.8 Å². The Kier molecular flexibility index (Phi) is 12.5. The maximum Gasteiger partial charge on any atom is 0.264 e. The summed E-state index contributed by atoms with van der Waals surface area (Å²) in [5.41, 5.74) is 2.09. The summed E-state index contributed by atoms with van der Waals surface area (Å²) in [6.07, 6.45) is 1.18. The van der Waals surface area contributed by atoms with E-state index in [1.165, 1.54) is 12.1 Å². The van der Waals surface area contributed by atoms with Gasteiger partial charge in [0.2, 0.25) is 0 Å². The maximum absolute atomic E-state index is 14.3. The summed E-state index contributed by atoms with van der Waals surface area (Å²) < 4.78 is 48.8. The quantitative estimate of drug-likeness (QED) is 0.130. The van der Waals surface area contributed by atoms with Gasteiger partial charge in [-0.3, -0.25) is 9.59 Å². The number of benzene rings is 4. The number of nitrogens with one attached hydrogen (secondary N) is 2. The number of amides is 2. The molecule has 0 aliphatic heterocycles. The zero-order valence-corrected chi connectivity index (χ0v) is 29.5. The lowest BCUT2D eigenvalue weighted by Gasteiger charge is -2.40. The number of hydrogen-bond acceptors (Lipinski definition) is 7. The van der Waals surface area contributed by atoms with Gasteiger partial charge in [0, 0.05) is 11.0 Å². The first-order valence-corrected chi connectivity index (χ1v) is 18.5. The molecule has 4 aromatic rings. The number of sulfonamides is 1. The van der Waals surface area contributed by atoms with Crippen molar-refractivity contribution in [3.63, 3.8) is 0 Å². The molecule has 4 aromatic carbocycles. The van der Waals surface area contributed by atoms with Gasteiger partial charge in [-0.25, -0.2) is 13.1 Å². The minimum absolute atomic E-state index is 0.122. The summed E-state index contributed by atoms with van der Waals surface area (Å²) >= 11 is 0. The van der Waals surface area contributed by atoms with Crippen molar-refractivity contribution in [1.29, 1.82) is 0 Å². The van der Waals surface area contributed by atoms with Gasteiger partial charge in [0.15, 0.2) is 4.87 Å². The van der Waals surface area contributed by atoms with Gasteiger partial charge in [0.25, 0.3) is 21.8 Å². The standard InChI is InChI=1S/C40H46N2O7S/c1-39(2,30-47-27-31-16-7-3-8-17-31)36(49-29-33-20-11-5-12-21-33)38(44)41-40(24-13-6-14-25-40)50(45,46)42-37(43)34-22-15-23-35(26-34)48-28-32-18-9-4-10-19-32/h3-5,7-12,15-23,26,36H,6,13-14,24-25,27-30H2,1-2H3,(H,41,44)(H,42,43). The predicted molar refractivity (Wildman–Crippen MR) is 192 cm³/mol. The number of carbonyl (C=O) groups excluding carboxylic acids is 2. The SMILES string of the molecule is CC(C)(COCc1ccccc1)C(OCc1ccccc1)C(=O)NC1(S(=O)(=O)NC(=O)c2cccc(OCc3ccccc3)c2)CCCCC1. The normalized spacial score (nSPS) is 15.1. The van der Waals surface area contributed by atoms with Crippen LogP contribution in [0, 0.1) is 5.41 Å². The molecular weight excluding hydrogens is 653 g/mol. The molecule has 0 bridgehead atoms. The molecule has 0 aromatic heterocycles. The van der Waals surface area contributed by atoms with Gasteiger partial charge in [-0.1, -0.05) is 117 Å². The van der Waals surface area contributed by atoms with Crippen LogP contribution >= 0.6 is 0 Å². The van der Waals surface area contributed by atoms with Crippen LogP contribution in [0.2, 0.25) is 0 Å². The third-order valence-corrected chi connectivity index (χ3v) is 10.9. The van der Waals surface area contributed by atoms with E-state index in [1.807, 2.05) is 105 Å². The Morgan fingerprint density at radius 2 is 1.30 bits per heavy atom. The van der Waals surface area contributed by atoms with Crippen LogP contribution in [0.4, 0.5) is 0 Å². The highest BCUT2D eigenvalue weighted by molar-refractivity contribution is 7.91. The highest BCUT2D eigenvalue weighted by Crippen LogP contribution is 2.35. The zero-order chi connectivity index (χ0) is 35.5. The number of rotatable bonds is 16. The van der Waals surface area contributed by atoms with Crippen LogP contribution in [0.3, 0.4) is 0 Å². The lowest BCUT2D eigenvalue weighted by molar-refractivity contribution is -0.148. The van der Waals surface area contributed by atoms with Crippen molar-refractivity contribution in [1.82, 2.24) is 10.0 Å². The molecule has 1 saturated carbocycles. The van der Waals surface area contributed by atoms with Crippen molar-refractivity contribution in [2.75, 3.05) is 6.61 Å². The number of carbonyl (C=O) groups is 2. The van der Waals surface area contributed by atoms with Crippen LogP contribution in [0.5, 0.6) is 5.75 Å². The Bertz CT molecular complexity index is 1790. The monoisotopic (exact) mass is 698 g/mol. The summed E-state index contributed by atoms with van der Waals surface area (Å²) in [6, 6.07) is 35.2. The number of ether oxygens (including phenoxy) is 3. The largest absolute Gasteiger partial charge is 0.489 e. The molecule has 1 aliphatic carbocycles. The molecule has 2 N–H and O–H groups in total. The Balaban J connectivity index is 1.32. The first kappa shape index (κ1) is 36.8. The Morgan fingerprint density at radius 3 is 1.90 bits per heavy atom. The lowest BCUT2D eigenvalue weighted by Crippen LogP contribution is -2.63. The van der Waals surface area contributed by atoms with E-state index >= 15 is 0 Å². The smallest absolute Gasteiger partial charge is 0.264 e. The molecule has 1 atom stereocenters. The highest BCUT2D eigenvalue weighted by atomic mass is 32.2.